The van der Waals surface area contributed by atoms with Crippen molar-refractivity contribution in [3.05, 3.63) is 48.5 Å². The van der Waals surface area contributed by atoms with Crippen molar-refractivity contribution in [2.45, 2.75) is 40.5 Å². The fourth-order valence-electron chi connectivity index (χ4n) is 2.24. The first-order chi connectivity index (χ1) is 12.1. The number of ether oxygens (including phenoxy) is 3. The second-order valence-corrected chi connectivity index (χ2v) is 7.06. The van der Waals surface area contributed by atoms with Crippen LogP contribution in [0.25, 0.3) is 0 Å². The summed E-state index contributed by atoms with van der Waals surface area (Å²) in [6, 6.07) is 15.6. The van der Waals surface area contributed by atoms with Crippen molar-refractivity contribution in [2.24, 2.45) is 11.8 Å². The maximum Gasteiger partial charge on any atom is 0.211 e. The quantitative estimate of drug-likeness (QED) is 0.505. The zero-order valence-corrected chi connectivity index (χ0v) is 15.8. The molecular formula is C22H30O3. The Morgan fingerprint density at radius 3 is 1.68 bits per heavy atom. The van der Waals surface area contributed by atoms with Crippen LogP contribution in [-0.2, 0) is 0 Å². The highest BCUT2D eigenvalue weighted by Crippen LogP contribution is 2.40. The van der Waals surface area contributed by atoms with Gasteiger partial charge in [0.05, 0.1) is 13.2 Å². The van der Waals surface area contributed by atoms with E-state index in [-0.39, 0.29) is 0 Å². The highest BCUT2D eigenvalue weighted by molar-refractivity contribution is 5.53. The fraction of sp³-hybridized carbons (Fsp3) is 0.455. The molecule has 0 spiro atoms. The average molecular weight is 342 g/mol. The normalized spacial score (nSPS) is 11.0. The minimum Gasteiger partial charge on any atom is -0.490 e. The first kappa shape index (κ1) is 19.2. The summed E-state index contributed by atoms with van der Waals surface area (Å²) in [5, 5.41) is 0. The summed E-state index contributed by atoms with van der Waals surface area (Å²) < 4.78 is 18.1. The van der Waals surface area contributed by atoms with Crippen LogP contribution in [0.2, 0.25) is 0 Å². The van der Waals surface area contributed by atoms with E-state index in [1.165, 1.54) is 0 Å². The van der Waals surface area contributed by atoms with E-state index >= 15 is 0 Å². The van der Waals surface area contributed by atoms with E-state index in [4.69, 9.17) is 14.2 Å². The van der Waals surface area contributed by atoms with E-state index < -0.39 is 0 Å². The lowest BCUT2D eigenvalue weighted by Gasteiger charge is -2.17. The molecule has 0 saturated carbocycles. The second kappa shape index (κ2) is 9.97. The molecule has 0 aliphatic heterocycles. The molecule has 25 heavy (non-hydrogen) atoms. The van der Waals surface area contributed by atoms with E-state index in [0.717, 1.165) is 30.1 Å². The molecular weight excluding hydrogens is 312 g/mol. The van der Waals surface area contributed by atoms with Gasteiger partial charge in [-0.05, 0) is 48.9 Å². The van der Waals surface area contributed by atoms with Gasteiger partial charge in [0.25, 0.3) is 0 Å². The maximum absolute atomic E-state index is 6.11. The fourth-order valence-corrected chi connectivity index (χ4v) is 2.24. The van der Waals surface area contributed by atoms with Crippen molar-refractivity contribution in [1.82, 2.24) is 0 Å². The Balaban J connectivity index is 2.18. The van der Waals surface area contributed by atoms with Gasteiger partial charge in [0, 0.05) is 0 Å². The molecule has 0 bridgehead atoms. The summed E-state index contributed by atoms with van der Waals surface area (Å²) in [4.78, 5) is 0. The third kappa shape index (κ3) is 6.69. The smallest absolute Gasteiger partial charge is 0.211 e. The molecule has 2 aromatic carbocycles. The molecule has 0 radical (unpaired) electrons. The largest absolute Gasteiger partial charge is 0.490 e. The molecule has 136 valence electrons. The molecule has 0 amide bonds. The van der Waals surface area contributed by atoms with E-state index in [2.05, 4.69) is 27.7 Å². The molecule has 0 atom stereocenters. The molecule has 3 heteroatoms. The molecule has 0 aromatic heterocycles. The van der Waals surface area contributed by atoms with Crippen LogP contribution < -0.4 is 14.2 Å². The maximum atomic E-state index is 6.11. The summed E-state index contributed by atoms with van der Waals surface area (Å²) in [6.07, 6.45) is 2.01. The molecule has 0 aliphatic carbocycles. The molecule has 0 saturated heterocycles. The van der Waals surface area contributed by atoms with Gasteiger partial charge < -0.3 is 14.2 Å². The van der Waals surface area contributed by atoms with Crippen LogP contribution in [0.1, 0.15) is 40.5 Å². The van der Waals surface area contributed by atoms with Gasteiger partial charge in [-0.25, -0.2) is 0 Å². The lowest BCUT2D eigenvalue weighted by Crippen LogP contribution is -2.05. The van der Waals surface area contributed by atoms with E-state index in [0.29, 0.717) is 30.8 Å². The Morgan fingerprint density at radius 1 is 0.680 bits per heavy atom. The molecule has 0 unspecified atom stereocenters. The van der Waals surface area contributed by atoms with Gasteiger partial charge in [-0.2, -0.15) is 0 Å². The predicted molar refractivity (Wildman–Crippen MR) is 103 cm³/mol. The minimum atomic E-state index is 0.601. The third-order valence-corrected chi connectivity index (χ3v) is 3.81. The highest BCUT2D eigenvalue weighted by Gasteiger charge is 2.14. The van der Waals surface area contributed by atoms with Crippen LogP contribution in [-0.4, -0.2) is 13.2 Å². The van der Waals surface area contributed by atoms with Gasteiger partial charge in [-0.1, -0.05) is 52.0 Å². The Kier molecular flexibility index (Phi) is 7.65. The van der Waals surface area contributed by atoms with Crippen LogP contribution in [0.4, 0.5) is 0 Å². The van der Waals surface area contributed by atoms with Crippen LogP contribution in [0.3, 0.4) is 0 Å². The number of para-hydroxylation sites is 2. The number of rotatable bonds is 10. The Bertz CT molecular complexity index is 588. The molecule has 3 nitrogen and oxygen atoms in total. The Morgan fingerprint density at radius 2 is 1.20 bits per heavy atom. The molecule has 0 N–H and O–H groups in total. The van der Waals surface area contributed by atoms with Crippen molar-refractivity contribution in [2.75, 3.05) is 13.2 Å². The van der Waals surface area contributed by atoms with Gasteiger partial charge in [-0.3, -0.25) is 0 Å². The standard InChI is InChI=1S/C22H30O3/c1-17(2)13-15-23-20-11-8-12-21(24-16-14-18(3)4)22(20)25-19-9-6-5-7-10-19/h5-12,17-18H,13-16H2,1-4H3. The van der Waals surface area contributed by atoms with Crippen molar-refractivity contribution < 1.29 is 14.2 Å². The van der Waals surface area contributed by atoms with Gasteiger partial charge in [0.2, 0.25) is 5.75 Å². The van der Waals surface area contributed by atoms with Crippen LogP contribution in [0.15, 0.2) is 48.5 Å². The predicted octanol–water partition coefficient (Wildman–Crippen LogP) is 6.33. The third-order valence-electron chi connectivity index (χ3n) is 3.81. The average Bonchev–Trinajstić information content (AvgIpc) is 2.57. The number of benzene rings is 2. The van der Waals surface area contributed by atoms with Crippen molar-refractivity contribution in [3.8, 4) is 23.0 Å². The van der Waals surface area contributed by atoms with Crippen molar-refractivity contribution in [1.29, 1.82) is 0 Å². The summed E-state index contributed by atoms with van der Waals surface area (Å²) in [5.74, 6) is 4.09. The number of hydrogen-bond acceptors (Lipinski definition) is 3. The minimum absolute atomic E-state index is 0.601. The van der Waals surface area contributed by atoms with E-state index in [9.17, 15) is 0 Å². The summed E-state index contributed by atoms with van der Waals surface area (Å²) in [7, 11) is 0. The first-order valence-electron chi connectivity index (χ1n) is 9.17. The monoisotopic (exact) mass is 342 g/mol. The molecule has 2 rings (SSSR count). The Hall–Kier alpha value is -2.16. The lowest BCUT2D eigenvalue weighted by molar-refractivity contribution is 0.257. The molecule has 0 aliphatic rings. The van der Waals surface area contributed by atoms with Crippen molar-refractivity contribution in [3.63, 3.8) is 0 Å². The van der Waals surface area contributed by atoms with Gasteiger partial charge >= 0.3 is 0 Å². The summed E-state index contributed by atoms with van der Waals surface area (Å²) in [5.41, 5.74) is 0. The zero-order chi connectivity index (χ0) is 18.1. The second-order valence-electron chi connectivity index (χ2n) is 7.06. The van der Waals surface area contributed by atoms with Crippen LogP contribution in [0.5, 0.6) is 23.0 Å². The molecule has 0 fully saturated rings. The summed E-state index contributed by atoms with van der Waals surface area (Å²) >= 11 is 0. The zero-order valence-electron chi connectivity index (χ0n) is 15.8. The van der Waals surface area contributed by atoms with Crippen LogP contribution in [0, 0.1) is 11.8 Å². The van der Waals surface area contributed by atoms with Gasteiger partial charge in [0.15, 0.2) is 11.5 Å². The SMILES string of the molecule is CC(C)CCOc1cccc(OCCC(C)C)c1Oc1ccccc1. The van der Waals surface area contributed by atoms with Crippen molar-refractivity contribution >= 4 is 0 Å². The van der Waals surface area contributed by atoms with E-state index in [1.54, 1.807) is 0 Å². The first-order valence-corrected chi connectivity index (χ1v) is 9.17. The number of hydrogen-bond donors (Lipinski definition) is 0. The van der Waals surface area contributed by atoms with Gasteiger partial charge in [0.1, 0.15) is 5.75 Å². The topological polar surface area (TPSA) is 27.7 Å². The highest BCUT2D eigenvalue weighted by atomic mass is 16.5. The van der Waals surface area contributed by atoms with Gasteiger partial charge in [-0.15, -0.1) is 0 Å². The van der Waals surface area contributed by atoms with Crippen LogP contribution >= 0.6 is 0 Å². The Labute approximate surface area is 151 Å². The molecule has 0 heterocycles. The lowest BCUT2D eigenvalue weighted by atomic mass is 10.1. The summed E-state index contributed by atoms with van der Waals surface area (Å²) in [6.45, 7) is 10.1. The van der Waals surface area contributed by atoms with E-state index in [1.807, 2.05) is 48.5 Å². The molecule has 2 aromatic rings.